The van der Waals surface area contributed by atoms with E-state index in [1.165, 1.54) is 0 Å². The molecule has 27 heavy (non-hydrogen) atoms. The molecule has 1 amide bonds. The van der Waals surface area contributed by atoms with E-state index in [0.717, 1.165) is 5.56 Å². The second-order valence-corrected chi connectivity index (χ2v) is 6.31. The van der Waals surface area contributed by atoms with Crippen molar-refractivity contribution in [3.63, 3.8) is 0 Å². The first-order valence-electron chi connectivity index (χ1n) is 8.68. The second kappa shape index (κ2) is 10.4. The van der Waals surface area contributed by atoms with Gasteiger partial charge in [0.15, 0.2) is 5.82 Å². The van der Waals surface area contributed by atoms with Gasteiger partial charge in [0.25, 0.3) is 0 Å². The van der Waals surface area contributed by atoms with Gasteiger partial charge in [-0.05, 0) is 29.8 Å². The van der Waals surface area contributed by atoms with Gasteiger partial charge in [0, 0.05) is 24.7 Å². The van der Waals surface area contributed by atoms with Crippen LogP contribution in [-0.2, 0) is 11.3 Å². The van der Waals surface area contributed by atoms with Gasteiger partial charge in [-0.2, -0.15) is 0 Å². The number of hydrogen-bond donors (Lipinski definition) is 5. The zero-order valence-corrected chi connectivity index (χ0v) is 15.5. The molecule has 146 valence electrons. The van der Waals surface area contributed by atoms with E-state index in [4.69, 9.17) is 10.6 Å². The van der Waals surface area contributed by atoms with Gasteiger partial charge in [-0.15, -0.1) is 10.2 Å². The zero-order chi connectivity index (χ0) is 19.6. The molecule has 9 nitrogen and oxygen atoms in total. The lowest BCUT2D eigenvalue weighted by Crippen LogP contribution is -2.35. The zero-order valence-electron chi connectivity index (χ0n) is 15.5. The number of nitrogen functional groups attached to an aromatic ring is 1. The first kappa shape index (κ1) is 20.6. The standard InChI is InChI=1S/C18H26N6O3/c1-12(2)21-9-14(26)10-27-17-5-3-13(8-20-11-25)7-15(17)16-4-6-18(22-19)24-23-16/h3-7,11-12,14,21,26H,8-10,19H2,1-2H3,(H,20,25)(H,22,24). The Balaban J connectivity index is 2.19. The minimum atomic E-state index is -0.647. The number of aliphatic hydroxyl groups is 1. The number of nitrogens with one attached hydrogen (secondary N) is 3. The number of aliphatic hydroxyl groups excluding tert-OH is 1. The summed E-state index contributed by atoms with van der Waals surface area (Å²) in [6, 6.07) is 9.24. The minimum absolute atomic E-state index is 0.133. The summed E-state index contributed by atoms with van der Waals surface area (Å²) in [6.07, 6.45) is -0.00416. The van der Waals surface area contributed by atoms with Crippen molar-refractivity contribution in [3.05, 3.63) is 35.9 Å². The fraction of sp³-hybridized carbons (Fsp3) is 0.389. The van der Waals surface area contributed by atoms with E-state index in [-0.39, 0.29) is 12.6 Å². The van der Waals surface area contributed by atoms with Crippen molar-refractivity contribution in [2.75, 3.05) is 18.6 Å². The SMILES string of the molecule is CC(C)NCC(O)COc1ccc(CNC=O)cc1-c1ccc(NN)nn1. The maximum absolute atomic E-state index is 10.5. The Kier molecular flexibility index (Phi) is 7.93. The number of rotatable bonds is 11. The van der Waals surface area contributed by atoms with E-state index < -0.39 is 6.10 Å². The van der Waals surface area contributed by atoms with Gasteiger partial charge in [-0.25, -0.2) is 5.84 Å². The number of carbonyl (C=O) groups is 1. The lowest BCUT2D eigenvalue weighted by Gasteiger charge is -2.17. The quantitative estimate of drug-likeness (QED) is 0.217. The van der Waals surface area contributed by atoms with Crippen LogP contribution in [0.25, 0.3) is 11.3 Å². The van der Waals surface area contributed by atoms with Crippen LogP contribution in [0.1, 0.15) is 19.4 Å². The molecule has 0 bridgehead atoms. The van der Waals surface area contributed by atoms with Crippen molar-refractivity contribution in [2.24, 2.45) is 5.84 Å². The van der Waals surface area contributed by atoms with Crippen LogP contribution in [0.5, 0.6) is 5.75 Å². The van der Waals surface area contributed by atoms with E-state index in [9.17, 15) is 9.90 Å². The van der Waals surface area contributed by atoms with Gasteiger partial charge in [0.2, 0.25) is 6.41 Å². The van der Waals surface area contributed by atoms with E-state index in [1.807, 2.05) is 26.0 Å². The number of amides is 1. The van der Waals surface area contributed by atoms with Crippen LogP contribution in [0.2, 0.25) is 0 Å². The normalized spacial score (nSPS) is 11.9. The summed E-state index contributed by atoms with van der Waals surface area (Å²) in [5.74, 6) is 6.33. The summed E-state index contributed by atoms with van der Waals surface area (Å²) < 4.78 is 5.81. The highest BCUT2D eigenvalue weighted by Gasteiger charge is 2.13. The Bertz CT molecular complexity index is 724. The molecule has 1 unspecified atom stereocenters. The summed E-state index contributed by atoms with van der Waals surface area (Å²) in [5.41, 5.74) is 4.61. The predicted octanol–water partition coefficient (Wildman–Crippen LogP) is 0.413. The molecule has 0 spiro atoms. The molecule has 0 saturated carbocycles. The lowest BCUT2D eigenvalue weighted by atomic mass is 10.1. The third-order valence-corrected chi connectivity index (χ3v) is 3.71. The number of nitrogens with zero attached hydrogens (tertiary/aromatic N) is 2. The molecule has 1 atom stereocenters. The van der Waals surface area contributed by atoms with Gasteiger partial charge in [-0.1, -0.05) is 19.9 Å². The van der Waals surface area contributed by atoms with Gasteiger partial charge in [-0.3, -0.25) is 4.79 Å². The number of aromatic nitrogens is 2. The Morgan fingerprint density at radius 1 is 1.26 bits per heavy atom. The predicted molar refractivity (Wildman–Crippen MR) is 103 cm³/mol. The second-order valence-electron chi connectivity index (χ2n) is 6.31. The third-order valence-electron chi connectivity index (χ3n) is 3.71. The fourth-order valence-electron chi connectivity index (χ4n) is 2.34. The van der Waals surface area contributed by atoms with Crippen LogP contribution in [0, 0.1) is 0 Å². The molecule has 1 aromatic carbocycles. The number of carbonyl (C=O) groups excluding carboxylic acids is 1. The van der Waals surface area contributed by atoms with Crippen molar-refractivity contribution in [2.45, 2.75) is 32.5 Å². The number of nitrogens with two attached hydrogens (primary N) is 1. The largest absolute Gasteiger partial charge is 0.490 e. The van der Waals surface area contributed by atoms with Gasteiger partial charge in [0.1, 0.15) is 18.5 Å². The van der Waals surface area contributed by atoms with Crippen LogP contribution in [0.15, 0.2) is 30.3 Å². The van der Waals surface area contributed by atoms with Gasteiger partial charge >= 0.3 is 0 Å². The number of ether oxygens (including phenoxy) is 1. The summed E-state index contributed by atoms with van der Waals surface area (Å²) >= 11 is 0. The van der Waals surface area contributed by atoms with E-state index in [0.29, 0.717) is 42.3 Å². The highest BCUT2D eigenvalue weighted by molar-refractivity contribution is 5.68. The average Bonchev–Trinajstić information content (AvgIpc) is 2.69. The van der Waals surface area contributed by atoms with Crippen LogP contribution in [-0.4, -0.2) is 47.0 Å². The van der Waals surface area contributed by atoms with Crippen LogP contribution >= 0.6 is 0 Å². The van der Waals surface area contributed by atoms with Crippen LogP contribution < -0.4 is 26.6 Å². The van der Waals surface area contributed by atoms with E-state index >= 15 is 0 Å². The van der Waals surface area contributed by atoms with Crippen LogP contribution in [0.4, 0.5) is 5.82 Å². The fourth-order valence-corrected chi connectivity index (χ4v) is 2.34. The number of benzene rings is 1. The third kappa shape index (κ3) is 6.48. The maximum atomic E-state index is 10.5. The van der Waals surface area contributed by atoms with Crippen molar-refractivity contribution < 1.29 is 14.6 Å². The number of hydrazine groups is 1. The Labute approximate surface area is 158 Å². The topological polar surface area (TPSA) is 134 Å². The Morgan fingerprint density at radius 3 is 2.70 bits per heavy atom. The summed E-state index contributed by atoms with van der Waals surface area (Å²) in [7, 11) is 0. The molecule has 1 heterocycles. The molecular weight excluding hydrogens is 348 g/mol. The first-order chi connectivity index (χ1) is 13.0. The average molecular weight is 374 g/mol. The van der Waals surface area contributed by atoms with Gasteiger partial charge < -0.3 is 25.9 Å². The molecule has 0 aliphatic heterocycles. The molecule has 9 heteroatoms. The molecule has 6 N–H and O–H groups in total. The highest BCUT2D eigenvalue weighted by atomic mass is 16.5. The molecule has 0 radical (unpaired) electrons. The van der Waals surface area contributed by atoms with E-state index in [1.54, 1.807) is 18.2 Å². The monoisotopic (exact) mass is 374 g/mol. The van der Waals surface area contributed by atoms with Crippen molar-refractivity contribution in [1.82, 2.24) is 20.8 Å². The lowest BCUT2D eigenvalue weighted by molar-refractivity contribution is -0.109. The van der Waals surface area contributed by atoms with Crippen LogP contribution in [0.3, 0.4) is 0 Å². The Morgan fingerprint density at radius 2 is 2.07 bits per heavy atom. The van der Waals surface area contributed by atoms with E-state index in [2.05, 4.69) is 26.3 Å². The van der Waals surface area contributed by atoms with Crippen molar-refractivity contribution in [3.8, 4) is 17.0 Å². The number of hydrogen-bond acceptors (Lipinski definition) is 8. The Hall–Kier alpha value is -2.75. The molecule has 0 fully saturated rings. The van der Waals surface area contributed by atoms with Gasteiger partial charge in [0.05, 0.1) is 5.69 Å². The van der Waals surface area contributed by atoms with Crippen molar-refractivity contribution >= 4 is 12.2 Å². The number of anilines is 1. The first-order valence-corrected chi connectivity index (χ1v) is 8.68. The summed E-state index contributed by atoms with van der Waals surface area (Å²) in [4.78, 5) is 10.5. The van der Waals surface area contributed by atoms with Crippen molar-refractivity contribution in [1.29, 1.82) is 0 Å². The molecule has 0 saturated heterocycles. The maximum Gasteiger partial charge on any atom is 0.207 e. The smallest absolute Gasteiger partial charge is 0.207 e. The summed E-state index contributed by atoms with van der Waals surface area (Å²) in [6.45, 7) is 4.97. The molecule has 0 aliphatic rings. The summed E-state index contributed by atoms with van der Waals surface area (Å²) in [5, 5.41) is 24.0. The molecule has 0 aliphatic carbocycles. The highest BCUT2D eigenvalue weighted by Crippen LogP contribution is 2.30. The molecule has 2 aromatic rings. The molecular formula is C18H26N6O3. The molecule has 2 rings (SSSR count). The minimum Gasteiger partial charge on any atom is -0.490 e. The molecule has 1 aromatic heterocycles.